The van der Waals surface area contributed by atoms with Gasteiger partial charge in [-0.1, -0.05) is 12.1 Å². The Morgan fingerprint density at radius 2 is 2.00 bits per heavy atom. The van der Waals surface area contributed by atoms with Gasteiger partial charge in [0.05, 0.1) is 5.69 Å². The third-order valence-electron chi connectivity index (χ3n) is 2.35. The van der Waals surface area contributed by atoms with Gasteiger partial charge in [0, 0.05) is 5.56 Å². The van der Waals surface area contributed by atoms with Crippen molar-refractivity contribution < 1.29 is 4.39 Å². The van der Waals surface area contributed by atoms with Crippen LogP contribution in [0.5, 0.6) is 0 Å². The van der Waals surface area contributed by atoms with Crippen LogP contribution in [-0.4, -0.2) is 19.8 Å². The highest BCUT2D eigenvalue weighted by atomic mass is 35.5. The summed E-state index contributed by atoms with van der Waals surface area (Å²) >= 11 is 5.82. The molecule has 0 bridgehead atoms. The number of rotatable bonds is 1. The van der Waals surface area contributed by atoms with E-state index < -0.39 is 0 Å². The van der Waals surface area contributed by atoms with E-state index in [2.05, 4.69) is 15.3 Å². The summed E-state index contributed by atoms with van der Waals surface area (Å²) in [6, 6.07) is 9.67. The van der Waals surface area contributed by atoms with Gasteiger partial charge in [-0.15, -0.1) is 10.2 Å². The molecule has 0 aliphatic rings. The largest absolute Gasteiger partial charge is 0.246 e. The van der Waals surface area contributed by atoms with Crippen molar-refractivity contribution in [1.82, 2.24) is 19.8 Å². The molecule has 0 spiro atoms. The molecule has 2 aromatic heterocycles. The van der Waals surface area contributed by atoms with Gasteiger partial charge in [-0.2, -0.15) is 9.61 Å². The van der Waals surface area contributed by atoms with Crippen LogP contribution >= 0.6 is 11.6 Å². The fraction of sp³-hybridized carbons (Fsp3) is 0. The average Bonchev–Trinajstić information content (AvgIpc) is 2.71. The summed E-state index contributed by atoms with van der Waals surface area (Å²) < 4.78 is 14.5. The normalized spacial score (nSPS) is 10.9. The summed E-state index contributed by atoms with van der Waals surface area (Å²) in [5.74, 6) is -0.306. The minimum atomic E-state index is -0.306. The summed E-state index contributed by atoms with van der Waals surface area (Å²) in [6.45, 7) is 0. The highest BCUT2D eigenvalue weighted by molar-refractivity contribution is 6.28. The van der Waals surface area contributed by atoms with Crippen LogP contribution < -0.4 is 0 Å². The zero-order valence-corrected chi connectivity index (χ0v) is 9.26. The van der Waals surface area contributed by atoms with E-state index in [4.69, 9.17) is 11.6 Å². The van der Waals surface area contributed by atoms with Gasteiger partial charge >= 0.3 is 0 Å². The second kappa shape index (κ2) is 3.78. The van der Waals surface area contributed by atoms with Gasteiger partial charge in [-0.05, 0) is 35.9 Å². The molecule has 2 heterocycles. The second-order valence-electron chi connectivity index (χ2n) is 3.47. The smallest absolute Gasteiger partial charge is 0.207 e. The molecule has 0 saturated heterocycles. The van der Waals surface area contributed by atoms with Gasteiger partial charge < -0.3 is 0 Å². The molecule has 0 N–H and O–H groups in total. The summed E-state index contributed by atoms with van der Waals surface area (Å²) in [5.41, 5.74) is 1.84. The van der Waals surface area contributed by atoms with Gasteiger partial charge in [0.1, 0.15) is 5.82 Å². The zero-order chi connectivity index (χ0) is 11.8. The van der Waals surface area contributed by atoms with Crippen molar-refractivity contribution in [2.75, 3.05) is 0 Å². The van der Waals surface area contributed by atoms with Crippen LogP contribution in [0.25, 0.3) is 16.9 Å². The molecule has 3 aromatic rings. The van der Waals surface area contributed by atoms with Gasteiger partial charge in [0.2, 0.25) is 5.28 Å². The predicted octanol–water partition coefficient (Wildman–Crippen LogP) is 2.58. The number of halogens is 2. The van der Waals surface area contributed by atoms with Crippen LogP contribution in [0.2, 0.25) is 5.28 Å². The molecule has 0 aliphatic heterocycles. The van der Waals surface area contributed by atoms with Crippen molar-refractivity contribution >= 4 is 17.2 Å². The zero-order valence-electron chi connectivity index (χ0n) is 8.51. The Bertz CT molecular complexity index is 695. The van der Waals surface area contributed by atoms with Crippen LogP contribution in [0.4, 0.5) is 4.39 Å². The lowest BCUT2D eigenvalue weighted by molar-refractivity contribution is 0.628. The first kappa shape index (κ1) is 10.2. The first-order valence-corrected chi connectivity index (χ1v) is 5.26. The Kier molecular flexibility index (Phi) is 2.26. The Morgan fingerprint density at radius 3 is 2.82 bits per heavy atom. The maximum atomic E-state index is 13.1. The van der Waals surface area contributed by atoms with Crippen molar-refractivity contribution in [3.05, 3.63) is 47.5 Å². The molecule has 84 valence electrons. The Labute approximate surface area is 101 Å². The summed E-state index contributed by atoms with van der Waals surface area (Å²) in [6.07, 6.45) is 0. The van der Waals surface area contributed by atoms with Crippen LogP contribution in [0, 0.1) is 5.82 Å². The van der Waals surface area contributed by atoms with Crippen molar-refractivity contribution in [3.8, 4) is 11.3 Å². The molecule has 0 unspecified atom stereocenters. The minimum absolute atomic E-state index is 0.179. The van der Waals surface area contributed by atoms with E-state index in [1.165, 1.54) is 16.6 Å². The Balaban J connectivity index is 2.20. The average molecular weight is 249 g/mol. The van der Waals surface area contributed by atoms with Crippen molar-refractivity contribution in [3.63, 3.8) is 0 Å². The van der Waals surface area contributed by atoms with Crippen LogP contribution in [0.15, 0.2) is 36.4 Å². The molecule has 6 heteroatoms. The van der Waals surface area contributed by atoms with E-state index in [0.29, 0.717) is 16.9 Å². The highest BCUT2D eigenvalue weighted by Crippen LogP contribution is 2.18. The van der Waals surface area contributed by atoms with Crippen LogP contribution in [-0.2, 0) is 0 Å². The van der Waals surface area contributed by atoms with Gasteiger partial charge in [-0.3, -0.25) is 0 Å². The topological polar surface area (TPSA) is 43.1 Å². The fourth-order valence-electron chi connectivity index (χ4n) is 1.56. The highest BCUT2D eigenvalue weighted by Gasteiger charge is 2.06. The number of fused-ring (bicyclic) bond motifs is 1. The van der Waals surface area contributed by atoms with Crippen molar-refractivity contribution in [2.45, 2.75) is 0 Å². The van der Waals surface area contributed by atoms with E-state index in [9.17, 15) is 4.39 Å². The van der Waals surface area contributed by atoms with E-state index >= 15 is 0 Å². The standard InChI is InChI=1S/C11H6ClFN4/c12-11-15-14-10-5-4-9(16-17(10)11)7-2-1-3-8(13)6-7/h1-6H. The Morgan fingerprint density at radius 1 is 1.12 bits per heavy atom. The van der Waals surface area contributed by atoms with Crippen molar-refractivity contribution in [1.29, 1.82) is 0 Å². The maximum absolute atomic E-state index is 13.1. The molecule has 1 aromatic carbocycles. The number of benzene rings is 1. The quantitative estimate of drug-likeness (QED) is 0.665. The monoisotopic (exact) mass is 248 g/mol. The Hall–Kier alpha value is -2.01. The third kappa shape index (κ3) is 1.74. The summed E-state index contributed by atoms with van der Waals surface area (Å²) in [4.78, 5) is 0. The van der Waals surface area contributed by atoms with Crippen LogP contribution in [0.1, 0.15) is 0 Å². The molecule has 17 heavy (non-hydrogen) atoms. The first-order chi connectivity index (χ1) is 8.24. The number of hydrogen-bond acceptors (Lipinski definition) is 3. The van der Waals surface area contributed by atoms with Gasteiger partial charge in [0.25, 0.3) is 0 Å². The molecule has 3 rings (SSSR count). The van der Waals surface area contributed by atoms with E-state index in [1.54, 1.807) is 24.3 Å². The van der Waals surface area contributed by atoms with Crippen molar-refractivity contribution in [2.24, 2.45) is 0 Å². The predicted molar refractivity (Wildman–Crippen MR) is 61.2 cm³/mol. The minimum Gasteiger partial charge on any atom is -0.207 e. The van der Waals surface area contributed by atoms with E-state index in [-0.39, 0.29) is 11.1 Å². The van der Waals surface area contributed by atoms with E-state index in [1.807, 2.05) is 0 Å². The molecular formula is C11H6ClFN4. The molecular weight excluding hydrogens is 243 g/mol. The molecule has 0 radical (unpaired) electrons. The van der Waals surface area contributed by atoms with Crippen LogP contribution in [0.3, 0.4) is 0 Å². The number of nitrogens with zero attached hydrogens (tertiary/aromatic N) is 4. The second-order valence-corrected chi connectivity index (χ2v) is 3.81. The summed E-state index contributed by atoms with van der Waals surface area (Å²) in [7, 11) is 0. The first-order valence-electron chi connectivity index (χ1n) is 4.88. The molecule has 0 fully saturated rings. The van der Waals surface area contributed by atoms with Gasteiger partial charge in [-0.25, -0.2) is 4.39 Å². The summed E-state index contributed by atoms with van der Waals surface area (Å²) in [5, 5.41) is 11.9. The molecule has 0 atom stereocenters. The van der Waals surface area contributed by atoms with Gasteiger partial charge in [0.15, 0.2) is 5.65 Å². The molecule has 0 saturated carbocycles. The third-order valence-corrected chi connectivity index (χ3v) is 2.58. The maximum Gasteiger partial charge on any atom is 0.246 e. The number of hydrogen-bond donors (Lipinski definition) is 0. The molecule has 0 amide bonds. The molecule has 0 aliphatic carbocycles. The van der Waals surface area contributed by atoms with E-state index in [0.717, 1.165) is 0 Å². The number of aromatic nitrogens is 4. The molecule has 4 nitrogen and oxygen atoms in total. The lowest BCUT2D eigenvalue weighted by atomic mass is 10.1. The lowest BCUT2D eigenvalue weighted by Crippen LogP contribution is -1.94. The SMILES string of the molecule is Fc1cccc(-c2ccc3nnc(Cl)n3n2)c1. The fourth-order valence-corrected chi connectivity index (χ4v) is 1.73. The lowest BCUT2D eigenvalue weighted by Gasteiger charge is -2.01.